The van der Waals surface area contributed by atoms with Crippen LogP contribution in [0.3, 0.4) is 0 Å². The number of esters is 1. The van der Waals surface area contributed by atoms with Crippen LogP contribution in [0, 0.1) is 5.82 Å². The van der Waals surface area contributed by atoms with Gasteiger partial charge >= 0.3 is 5.97 Å². The summed E-state index contributed by atoms with van der Waals surface area (Å²) < 4.78 is 18.3. The molecule has 0 fully saturated rings. The maximum Gasteiger partial charge on any atom is 0.331 e. The highest BCUT2D eigenvalue weighted by Crippen LogP contribution is 2.13. The molecular weight excluding hydrogens is 333 g/mol. The molecule has 0 heterocycles. The molecule has 0 bridgehead atoms. The van der Waals surface area contributed by atoms with E-state index >= 15 is 0 Å². The number of hydrogen-bond acceptors (Lipinski definition) is 3. The van der Waals surface area contributed by atoms with Crippen LogP contribution in [0.1, 0.15) is 36.6 Å². The minimum atomic E-state index is -0.705. The molecule has 0 aliphatic carbocycles. The van der Waals surface area contributed by atoms with Crippen LogP contribution in [0.4, 0.5) is 4.39 Å². The van der Waals surface area contributed by atoms with Crippen molar-refractivity contribution < 1.29 is 18.7 Å². The number of aryl methyl sites for hydroxylation is 1. The molecule has 0 spiro atoms. The Balaban J connectivity index is 1.80. The first-order valence-corrected chi connectivity index (χ1v) is 8.47. The molecule has 0 aromatic heterocycles. The Labute approximate surface area is 152 Å². The Kier molecular flexibility index (Phi) is 7.09. The van der Waals surface area contributed by atoms with Crippen LogP contribution in [0.15, 0.2) is 54.6 Å². The largest absolute Gasteiger partial charge is 0.452 e. The van der Waals surface area contributed by atoms with Crippen molar-refractivity contribution in [2.45, 2.75) is 26.3 Å². The zero-order valence-electron chi connectivity index (χ0n) is 14.9. The van der Waals surface area contributed by atoms with E-state index in [4.69, 9.17) is 4.74 Å². The van der Waals surface area contributed by atoms with E-state index in [2.05, 4.69) is 12.2 Å². The van der Waals surface area contributed by atoms with Gasteiger partial charge in [0.05, 0.1) is 6.04 Å². The van der Waals surface area contributed by atoms with E-state index in [1.165, 1.54) is 23.8 Å². The summed E-state index contributed by atoms with van der Waals surface area (Å²) in [6.45, 7) is 3.55. The average Bonchev–Trinajstić information content (AvgIpc) is 2.65. The summed E-state index contributed by atoms with van der Waals surface area (Å²) in [5.41, 5.74) is 2.47. The summed E-state index contributed by atoms with van der Waals surface area (Å²) in [7, 11) is 0. The lowest BCUT2D eigenvalue weighted by Crippen LogP contribution is -2.30. The van der Waals surface area contributed by atoms with E-state index in [1.807, 2.05) is 31.2 Å². The first-order valence-electron chi connectivity index (χ1n) is 8.47. The summed E-state index contributed by atoms with van der Waals surface area (Å²) in [6, 6.07) is 13.8. The first kappa shape index (κ1) is 19.4. The number of carbonyl (C=O) groups excluding carboxylic acids is 2. The molecule has 5 heteroatoms. The van der Waals surface area contributed by atoms with Crippen LogP contribution in [0.25, 0.3) is 6.08 Å². The molecule has 136 valence electrons. The van der Waals surface area contributed by atoms with Crippen LogP contribution in [0.2, 0.25) is 0 Å². The molecule has 0 unspecified atom stereocenters. The zero-order chi connectivity index (χ0) is 18.9. The first-order chi connectivity index (χ1) is 12.5. The number of benzene rings is 2. The molecule has 2 aromatic carbocycles. The van der Waals surface area contributed by atoms with E-state index in [-0.39, 0.29) is 11.6 Å². The fourth-order valence-electron chi connectivity index (χ4n) is 2.36. The van der Waals surface area contributed by atoms with Crippen molar-refractivity contribution >= 4 is 18.0 Å². The van der Waals surface area contributed by atoms with Crippen LogP contribution in [0.5, 0.6) is 0 Å². The summed E-state index contributed by atoms with van der Waals surface area (Å²) in [5, 5.41) is 2.77. The van der Waals surface area contributed by atoms with Gasteiger partial charge in [-0.1, -0.05) is 49.4 Å². The van der Waals surface area contributed by atoms with E-state index in [9.17, 15) is 14.0 Å². The number of carbonyl (C=O) groups is 2. The zero-order valence-corrected chi connectivity index (χ0v) is 14.9. The Morgan fingerprint density at radius 2 is 1.85 bits per heavy atom. The summed E-state index contributed by atoms with van der Waals surface area (Å²) in [4.78, 5) is 23.6. The number of nitrogens with one attached hydrogen (secondary N) is 1. The minimum absolute atomic E-state index is 0.193. The average molecular weight is 355 g/mol. The number of amides is 1. The van der Waals surface area contributed by atoms with Gasteiger partial charge in [0, 0.05) is 11.6 Å². The molecule has 0 aliphatic heterocycles. The molecule has 2 rings (SSSR count). The molecule has 0 aliphatic rings. The van der Waals surface area contributed by atoms with E-state index in [0.29, 0.717) is 0 Å². The fourth-order valence-corrected chi connectivity index (χ4v) is 2.36. The molecule has 26 heavy (non-hydrogen) atoms. The molecule has 1 N–H and O–H groups in total. The van der Waals surface area contributed by atoms with E-state index in [0.717, 1.165) is 18.1 Å². The standard InChI is InChI=1S/C21H22FNO3/c1-3-16-8-10-17(11-9-16)15(2)23-20(24)14-26-21(25)13-12-18-6-4-5-7-19(18)22/h4-13,15H,3,14H2,1-2H3,(H,23,24)/b13-12+/t15-/m0/s1. The number of halogens is 1. The third-order valence-electron chi connectivity index (χ3n) is 3.92. The molecule has 1 amide bonds. The van der Waals surface area contributed by atoms with Gasteiger partial charge in [0.1, 0.15) is 5.82 Å². The van der Waals surface area contributed by atoms with Crippen molar-refractivity contribution in [2.24, 2.45) is 0 Å². The quantitative estimate of drug-likeness (QED) is 0.607. The Morgan fingerprint density at radius 3 is 2.50 bits per heavy atom. The minimum Gasteiger partial charge on any atom is -0.452 e. The van der Waals surface area contributed by atoms with Crippen molar-refractivity contribution in [2.75, 3.05) is 6.61 Å². The maximum absolute atomic E-state index is 13.4. The lowest BCUT2D eigenvalue weighted by atomic mass is 10.1. The second-order valence-corrected chi connectivity index (χ2v) is 5.85. The highest BCUT2D eigenvalue weighted by Gasteiger charge is 2.11. The molecule has 4 nitrogen and oxygen atoms in total. The molecular formula is C21H22FNO3. The lowest BCUT2D eigenvalue weighted by Gasteiger charge is -2.14. The van der Waals surface area contributed by atoms with Crippen LogP contribution >= 0.6 is 0 Å². The molecule has 2 aromatic rings. The van der Waals surface area contributed by atoms with Crippen molar-refractivity contribution in [1.29, 1.82) is 0 Å². The number of rotatable bonds is 7. The van der Waals surface area contributed by atoms with Gasteiger partial charge in [0.25, 0.3) is 5.91 Å². The van der Waals surface area contributed by atoms with Crippen molar-refractivity contribution in [1.82, 2.24) is 5.32 Å². The molecule has 0 saturated heterocycles. The Hall–Kier alpha value is -2.95. The van der Waals surface area contributed by atoms with Crippen LogP contribution < -0.4 is 5.32 Å². The van der Waals surface area contributed by atoms with Gasteiger partial charge in [0.15, 0.2) is 6.61 Å². The van der Waals surface area contributed by atoms with E-state index < -0.39 is 24.3 Å². The van der Waals surface area contributed by atoms with Gasteiger partial charge in [-0.3, -0.25) is 4.79 Å². The highest BCUT2D eigenvalue weighted by atomic mass is 19.1. The van der Waals surface area contributed by atoms with E-state index in [1.54, 1.807) is 12.1 Å². The SMILES string of the molecule is CCc1ccc([C@H](C)NC(=O)COC(=O)/C=C/c2ccccc2F)cc1. The molecule has 0 radical (unpaired) electrons. The predicted octanol–water partition coefficient (Wildman–Crippen LogP) is 3.82. The highest BCUT2D eigenvalue weighted by molar-refractivity contribution is 5.89. The third-order valence-corrected chi connectivity index (χ3v) is 3.92. The smallest absolute Gasteiger partial charge is 0.331 e. The third kappa shape index (κ3) is 5.84. The van der Waals surface area contributed by atoms with Gasteiger partial charge in [-0.2, -0.15) is 0 Å². The fraction of sp³-hybridized carbons (Fsp3) is 0.238. The van der Waals surface area contributed by atoms with Crippen molar-refractivity contribution in [3.63, 3.8) is 0 Å². The topological polar surface area (TPSA) is 55.4 Å². The maximum atomic E-state index is 13.4. The normalized spacial score (nSPS) is 12.0. The Bertz CT molecular complexity index is 784. The Morgan fingerprint density at radius 1 is 1.15 bits per heavy atom. The van der Waals surface area contributed by atoms with Crippen LogP contribution in [-0.4, -0.2) is 18.5 Å². The summed E-state index contributed by atoms with van der Waals surface area (Å²) >= 11 is 0. The van der Waals surface area contributed by atoms with Crippen molar-refractivity contribution in [3.8, 4) is 0 Å². The van der Waals surface area contributed by atoms with Crippen LogP contribution in [-0.2, 0) is 20.7 Å². The second kappa shape index (κ2) is 9.51. The predicted molar refractivity (Wildman–Crippen MR) is 98.8 cm³/mol. The summed E-state index contributed by atoms with van der Waals surface area (Å²) in [6.07, 6.45) is 3.36. The molecule has 1 atom stereocenters. The monoisotopic (exact) mass is 355 g/mol. The van der Waals surface area contributed by atoms with Crippen molar-refractivity contribution in [3.05, 3.63) is 77.1 Å². The lowest BCUT2D eigenvalue weighted by molar-refractivity contribution is -0.144. The van der Waals surface area contributed by atoms with Gasteiger partial charge in [-0.25, -0.2) is 9.18 Å². The van der Waals surface area contributed by atoms with Gasteiger partial charge in [-0.05, 0) is 36.6 Å². The number of ether oxygens (including phenoxy) is 1. The molecule has 0 saturated carbocycles. The summed E-state index contributed by atoms with van der Waals surface area (Å²) in [5.74, 6) is -1.54. The number of hydrogen-bond donors (Lipinski definition) is 1. The van der Waals surface area contributed by atoms with Gasteiger partial charge in [-0.15, -0.1) is 0 Å². The second-order valence-electron chi connectivity index (χ2n) is 5.85. The van der Waals surface area contributed by atoms with Gasteiger partial charge in [0.2, 0.25) is 0 Å². The van der Waals surface area contributed by atoms with Gasteiger partial charge < -0.3 is 10.1 Å².